The van der Waals surface area contributed by atoms with Crippen LogP contribution in [0.1, 0.15) is 46.0 Å². The quantitative estimate of drug-likeness (QED) is 0.709. The fourth-order valence-electron chi connectivity index (χ4n) is 1.88. The number of Topliss-reactive ketones (excluding diaryl/α,β-unsaturated/α-hetero) is 1. The second kappa shape index (κ2) is 4.23. The normalized spacial score (nSPS) is 22.1. The molecule has 1 aliphatic carbocycles. The molecule has 0 aromatic rings. The summed E-state index contributed by atoms with van der Waals surface area (Å²) in [5, 5.41) is 0. The minimum Gasteiger partial charge on any atom is -0.329 e. The molecule has 2 N–H and O–H groups in total. The molecule has 0 radical (unpaired) electrons. The lowest BCUT2D eigenvalue weighted by Gasteiger charge is -2.39. The van der Waals surface area contributed by atoms with E-state index in [1.165, 1.54) is 6.42 Å². The van der Waals surface area contributed by atoms with Gasteiger partial charge in [0.05, 0.1) is 0 Å². The Morgan fingerprint density at radius 2 is 2.15 bits per heavy atom. The highest BCUT2D eigenvalue weighted by Gasteiger charge is 2.42. The van der Waals surface area contributed by atoms with E-state index in [2.05, 4.69) is 13.8 Å². The lowest BCUT2D eigenvalue weighted by molar-refractivity contribution is -0.133. The summed E-state index contributed by atoms with van der Waals surface area (Å²) < 4.78 is 0. The first-order valence-electron chi connectivity index (χ1n) is 5.38. The van der Waals surface area contributed by atoms with Crippen molar-refractivity contribution in [3.63, 3.8) is 0 Å². The molecule has 0 saturated heterocycles. The van der Waals surface area contributed by atoms with Gasteiger partial charge in [0, 0.05) is 18.4 Å². The molecule has 0 aromatic heterocycles. The third-order valence-electron chi connectivity index (χ3n) is 3.52. The van der Waals surface area contributed by atoms with E-state index in [0.29, 0.717) is 18.2 Å². The van der Waals surface area contributed by atoms with Gasteiger partial charge in [-0.05, 0) is 18.8 Å². The third kappa shape index (κ3) is 2.11. The molecular formula is C11H21NO. The zero-order valence-corrected chi connectivity index (χ0v) is 8.81. The van der Waals surface area contributed by atoms with Crippen LogP contribution in [0.2, 0.25) is 0 Å². The zero-order valence-electron chi connectivity index (χ0n) is 8.81. The molecule has 76 valence electrons. The number of hydrogen-bond donors (Lipinski definition) is 1. The van der Waals surface area contributed by atoms with Crippen LogP contribution in [-0.4, -0.2) is 12.3 Å². The van der Waals surface area contributed by atoms with Crippen LogP contribution >= 0.6 is 0 Å². The highest BCUT2D eigenvalue weighted by atomic mass is 16.1. The molecule has 13 heavy (non-hydrogen) atoms. The van der Waals surface area contributed by atoms with E-state index in [1.54, 1.807) is 0 Å². The summed E-state index contributed by atoms with van der Waals surface area (Å²) in [5.74, 6) is 0.937. The Morgan fingerprint density at radius 1 is 1.54 bits per heavy atom. The Hall–Kier alpha value is -0.370. The maximum absolute atomic E-state index is 11.9. The van der Waals surface area contributed by atoms with Crippen molar-refractivity contribution in [3.05, 3.63) is 0 Å². The van der Waals surface area contributed by atoms with Gasteiger partial charge in [0.25, 0.3) is 0 Å². The predicted octanol–water partition coefficient (Wildman–Crippen LogP) is 2.12. The first-order valence-corrected chi connectivity index (χ1v) is 5.38. The van der Waals surface area contributed by atoms with Gasteiger partial charge in [-0.15, -0.1) is 0 Å². The first kappa shape index (κ1) is 10.7. The lowest BCUT2D eigenvalue weighted by atomic mass is 9.64. The molecule has 0 aromatic carbocycles. The Kier molecular flexibility index (Phi) is 3.48. The lowest BCUT2D eigenvalue weighted by Crippen LogP contribution is -2.44. The Morgan fingerprint density at radius 3 is 2.46 bits per heavy atom. The molecule has 0 amide bonds. The first-order chi connectivity index (χ1) is 6.14. The summed E-state index contributed by atoms with van der Waals surface area (Å²) in [6, 6.07) is 0. The Bertz CT molecular complexity index is 179. The molecule has 1 aliphatic rings. The standard InChI is InChI=1S/C11H21NO/c1-3-9(2)7-10(13)11(8-12)5-4-6-11/h9H,3-8,12H2,1-2H3. The van der Waals surface area contributed by atoms with Crippen molar-refractivity contribution in [3.8, 4) is 0 Å². The van der Waals surface area contributed by atoms with Crippen LogP contribution in [0.15, 0.2) is 0 Å². The minimum atomic E-state index is -0.108. The second-order valence-electron chi connectivity index (χ2n) is 4.48. The summed E-state index contributed by atoms with van der Waals surface area (Å²) in [5.41, 5.74) is 5.56. The van der Waals surface area contributed by atoms with E-state index in [-0.39, 0.29) is 5.41 Å². The molecule has 2 nitrogen and oxygen atoms in total. The monoisotopic (exact) mass is 183 g/mol. The predicted molar refractivity (Wildman–Crippen MR) is 54.4 cm³/mol. The van der Waals surface area contributed by atoms with Gasteiger partial charge in [-0.3, -0.25) is 4.79 Å². The topological polar surface area (TPSA) is 43.1 Å². The highest BCUT2D eigenvalue weighted by molar-refractivity contribution is 5.86. The third-order valence-corrected chi connectivity index (χ3v) is 3.52. The minimum absolute atomic E-state index is 0.108. The summed E-state index contributed by atoms with van der Waals surface area (Å²) >= 11 is 0. The van der Waals surface area contributed by atoms with Crippen molar-refractivity contribution in [2.24, 2.45) is 17.1 Å². The van der Waals surface area contributed by atoms with Gasteiger partial charge in [-0.25, -0.2) is 0 Å². The summed E-state index contributed by atoms with van der Waals surface area (Å²) in [4.78, 5) is 11.9. The molecule has 1 unspecified atom stereocenters. The molecule has 1 fully saturated rings. The summed E-state index contributed by atoms with van der Waals surface area (Å²) in [7, 11) is 0. The van der Waals surface area contributed by atoms with Crippen molar-refractivity contribution >= 4 is 5.78 Å². The van der Waals surface area contributed by atoms with Crippen LogP contribution in [0, 0.1) is 11.3 Å². The fourth-order valence-corrected chi connectivity index (χ4v) is 1.88. The van der Waals surface area contributed by atoms with Gasteiger partial charge >= 0.3 is 0 Å². The number of nitrogens with two attached hydrogens (primary N) is 1. The molecule has 0 bridgehead atoms. The second-order valence-corrected chi connectivity index (χ2v) is 4.48. The van der Waals surface area contributed by atoms with Gasteiger partial charge in [0.2, 0.25) is 0 Å². The van der Waals surface area contributed by atoms with Gasteiger partial charge in [-0.2, -0.15) is 0 Å². The van der Waals surface area contributed by atoms with Gasteiger partial charge in [0.15, 0.2) is 0 Å². The molecule has 2 heteroatoms. The SMILES string of the molecule is CCC(C)CC(=O)C1(CN)CCC1. The molecule has 0 aliphatic heterocycles. The molecule has 0 heterocycles. The zero-order chi connectivity index (χ0) is 9.90. The maximum Gasteiger partial charge on any atom is 0.140 e. The smallest absolute Gasteiger partial charge is 0.140 e. The molecule has 1 atom stereocenters. The molecule has 1 saturated carbocycles. The average Bonchev–Trinajstić information content (AvgIpc) is 2.03. The van der Waals surface area contributed by atoms with Crippen LogP contribution in [0.5, 0.6) is 0 Å². The van der Waals surface area contributed by atoms with Gasteiger partial charge in [0.1, 0.15) is 5.78 Å². The van der Waals surface area contributed by atoms with E-state index in [4.69, 9.17) is 5.73 Å². The number of ketones is 1. The van der Waals surface area contributed by atoms with Gasteiger partial charge < -0.3 is 5.73 Å². The van der Waals surface area contributed by atoms with Crippen molar-refractivity contribution in [2.45, 2.75) is 46.0 Å². The van der Waals surface area contributed by atoms with Crippen LogP contribution in [0.3, 0.4) is 0 Å². The summed E-state index contributed by atoms with van der Waals surface area (Å²) in [6.45, 7) is 4.83. The van der Waals surface area contributed by atoms with Crippen molar-refractivity contribution in [2.75, 3.05) is 6.54 Å². The number of carbonyl (C=O) groups excluding carboxylic acids is 1. The highest BCUT2D eigenvalue weighted by Crippen LogP contribution is 2.42. The van der Waals surface area contributed by atoms with E-state index in [9.17, 15) is 4.79 Å². The summed E-state index contributed by atoms with van der Waals surface area (Å²) in [6.07, 6.45) is 5.06. The van der Waals surface area contributed by atoms with Crippen LogP contribution in [0.4, 0.5) is 0 Å². The maximum atomic E-state index is 11.9. The Balaban J connectivity index is 2.46. The van der Waals surface area contributed by atoms with Crippen LogP contribution in [0.25, 0.3) is 0 Å². The molecule has 1 rings (SSSR count). The van der Waals surface area contributed by atoms with Crippen LogP contribution < -0.4 is 5.73 Å². The average molecular weight is 183 g/mol. The molecule has 0 spiro atoms. The Labute approximate surface area is 80.9 Å². The number of rotatable bonds is 5. The van der Waals surface area contributed by atoms with E-state index < -0.39 is 0 Å². The van der Waals surface area contributed by atoms with E-state index in [1.807, 2.05) is 0 Å². The van der Waals surface area contributed by atoms with Gasteiger partial charge in [-0.1, -0.05) is 26.7 Å². The molecular weight excluding hydrogens is 162 g/mol. The van der Waals surface area contributed by atoms with Crippen molar-refractivity contribution < 1.29 is 4.79 Å². The fraction of sp³-hybridized carbons (Fsp3) is 0.909. The van der Waals surface area contributed by atoms with E-state index in [0.717, 1.165) is 25.7 Å². The largest absolute Gasteiger partial charge is 0.329 e. The van der Waals surface area contributed by atoms with Crippen molar-refractivity contribution in [1.29, 1.82) is 0 Å². The van der Waals surface area contributed by atoms with Crippen molar-refractivity contribution in [1.82, 2.24) is 0 Å². The van der Waals surface area contributed by atoms with E-state index >= 15 is 0 Å². The number of carbonyl (C=O) groups is 1. The number of hydrogen-bond acceptors (Lipinski definition) is 2. The van der Waals surface area contributed by atoms with Crippen LogP contribution in [-0.2, 0) is 4.79 Å².